The maximum absolute atomic E-state index is 11.1. The Hall–Kier alpha value is -0.960. The van der Waals surface area contributed by atoms with E-state index in [1.54, 1.807) is 13.0 Å². The lowest BCUT2D eigenvalue weighted by molar-refractivity contribution is -0.375. The molecule has 0 spiro atoms. The van der Waals surface area contributed by atoms with Crippen LogP contribution in [0.1, 0.15) is 73.1 Å². The van der Waals surface area contributed by atoms with Crippen molar-refractivity contribution in [3.63, 3.8) is 0 Å². The summed E-state index contributed by atoms with van der Waals surface area (Å²) in [4.78, 5) is 0. The maximum Gasteiger partial charge on any atom is 0.187 e. The lowest BCUT2D eigenvalue weighted by Gasteiger charge is -2.61. The molecule has 0 radical (unpaired) electrons. The van der Waals surface area contributed by atoms with Gasteiger partial charge in [-0.3, -0.25) is 0 Å². The molecular weight excluding hydrogens is 560 g/mol. The predicted octanol–water partition coefficient (Wildman–Crippen LogP) is 1.15. The van der Waals surface area contributed by atoms with E-state index in [1.165, 1.54) is 12.5 Å². The van der Waals surface area contributed by atoms with Gasteiger partial charge in [-0.15, -0.1) is 6.58 Å². The second-order valence-corrected chi connectivity index (χ2v) is 14.4. The molecule has 0 amide bonds. The van der Waals surface area contributed by atoms with Crippen LogP contribution < -0.4 is 0 Å². The average molecular weight is 615 g/mol. The van der Waals surface area contributed by atoms with Crippen molar-refractivity contribution in [2.75, 3.05) is 6.61 Å². The van der Waals surface area contributed by atoms with Crippen molar-refractivity contribution in [2.45, 2.75) is 146 Å². The van der Waals surface area contributed by atoms with Crippen molar-refractivity contribution in [3.05, 3.63) is 24.8 Å². The van der Waals surface area contributed by atoms with Crippen LogP contribution in [0.15, 0.2) is 24.8 Å². The largest absolute Gasteiger partial charge is 0.394 e. The number of aliphatic hydroxyl groups excluding tert-OH is 6. The SMILES string of the molecule is C=CC(C)(O)CCC1C(=C)CCC2C(C)(C)C(OC3OC(CO)C(O)C(O)C3OC3OC(C)C(O)C(O)C3O)CCC12C. The van der Waals surface area contributed by atoms with Crippen molar-refractivity contribution < 1.29 is 54.7 Å². The zero-order valence-corrected chi connectivity index (χ0v) is 26.2. The fourth-order valence-electron chi connectivity index (χ4n) is 8.22. The standard InChI is InChI=1S/C32H54O11/c1-8-31(6,39)13-11-18-16(2)9-10-20-30(4,5)21(12-14-32(18,20)7)42-29-27(25(37)23(35)19(15-33)41-29)43-28-26(38)24(36)22(34)17(3)40-28/h8,17-29,33-39H,1-2,9-15H2,3-7H3. The minimum absolute atomic E-state index is 0.0875. The molecule has 15 atom stereocenters. The Morgan fingerprint density at radius 2 is 1.63 bits per heavy atom. The second-order valence-electron chi connectivity index (χ2n) is 14.4. The Kier molecular flexibility index (Phi) is 10.6. The number of fused-ring (bicyclic) bond motifs is 1. The third-order valence-electron chi connectivity index (χ3n) is 11.1. The van der Waals surface area contributed by atoms with E-state index in [1.807, 2.05) is 0 Å². The lowest BCUT2D eigenvalue weighted by Crippen LogP contribution is -2.65. The molecule has 2 aliphatic carbocycles. The Morgan fingerprint density at radius 1 is 0.953 bits per heavy atom. The van der Waals surface area contributed by atoms with E-state index < -0.39 is 73.6 Å². The first-order chi connectivity index (χ1) is 20.0. The first kappa shape index (κ1) is 34.9. The first-order valence-corrected chi connectivity index (χ1v) is 15.6. The minimum Gasteiger partial charge on any atom is -0.394 e. The fraction of sp³-hybridized carbons (Fsp3) is 0.875. The van der Waals surface area contributed by atoms with Gasteiger partial charge in [0.15, 0.2) is 12.6 Å². The number of hydrogen-bond acceptors (Lipinski definition) is 11. The van der Waals surface area contributed by atoms with Crippen molar-refractivity contribution in [2.24, 2.45) is 22.7 Å². The Bertz CT molecular complexity index is 986. The monoisotopic (exact) mass is 614 g/mol. The van der Waals surface area contributed by atoms with Crippen LogP contribution in [0.4, 0.5) is 0 Å². The topological polar surface area (TPSA) is 179 Å². The van der Waals surface area contributed by atoms with Gasteiger partial charge >= 0.3 is 0 Å². The molecule has 4 aliphatic rings. The van der Waals surface area contributed by atoms with Gasteiger partial charge in [0, 0.05) is 0 Å². The number of hydrogen-bond donors (Lipinski definition) is 7. The average Bonchev–Trinajstić information content (AvgIpc) is 2.94. The molecule has 2 saturated carbocycles. The molecule has 248 valence electrons. The van der Waals surface area contributed by atoms with Gasteiger partial charge in [-0.05, 0) is 75.0 Å². The summed E-state index contributed by atoms with van der Waals surface area (Å²) >= 11 is 0. The molecule has 11 nitrogen and oxygen atoms in total. The highest BCUT2D eigenvalue weighted by molar-refractivity contribution is 5.17. The summed E-state index contributed by atoms with van der Waals surface area (Å²) in [6.45, 7) is 17.5. The highest BCUT2D eigenvalue weighted by Crippen LogP contribution is 2.62. The van der Waals surface area contributed by atoms with Crippen molar-refractivity contribution in [1.82, 2.24) is 0 Å². The highest BCUT2D eigenvalue weighted by Gasteiger charge is 2.58. The molecule has 11 heteroatoms. The molecule has 2 heterocycles. The van der Waals surface area contributed by atoms with E-state index in [0.717, 1.165) is 25.7 Å². The Balaban J connectivity index is 1.56. The number of aliphatic hydroxyl groups is 7. The van der Waals surface area contributed by atoms with Gasteiger partial charge in [0.25, 0.3) is 0 Å². The molecule has 15 unspecified atom stereocenters. The molecule has 0 aromatic rings. The summed E-state index contributed by atoms with van der Waals surface area (Å²) in [5, 5.41) is 73.2. The van der Waals surface area contributed by atoms with Crippen LogP contribution in [-0.4, -0.2) is 115 Å². The lowest BCUT2D eigenvalue weighted by atomic mass is 9.46. The number of ether oxygens (including phenoxy) is 4. The van der Waals surface area contributed by atoms with Gasteiger partial charge < -0.3 is 54.7 Å². The summed E-state index contributed by atoms with van der Waals surface area (Å²) < 4.78 is 24.1. The van der Waals surface area contributed by atoms with Crippen LogP contribution in [-0.2, 0) is 18.9 Å². The maximum atomic E-state index is 11.1. The zero-order chi connectivity index (χ0) is 32.1. The third-order valence-corrected chi connectivity index (χ3v) is 11.1. The second kappa shape index (κ2) is 13.0. The van der Waals surface area contributed by atoms with Gasteiger partial charge in [0.1, 0.15) is 42.7 Å². The van der Waals surface area contributed by atoms with E-state index >= 15 is 0 Å². The summed E-state index contributed by atoms with van der Waals surface area (Å²) in [6.07, 6.45) is -7.76. The van der Waals surface area contributed by atoms with E-state index in [2.05, 4.69) is 33.9 Å². The molecular formula is C32H54O11. The summed E-state index contributed by atoms with van der Waals surface area (Å²) in [5.74, 6) is 0.445. The Labute approximate surface area is 255 Å². The Morgan fingerprint density at radius 3 is 2.26 bits per heavy atom. The van der Waals surface area contributed by atoms with Crippen LogP contribution in [0, 0.1) is 22.7 Å². The molecule has 0 aromatic heterocycles. The zero-order valence-electron chi connectivity index (χ0n) is 26.2. The highest BCUT2D eigenvalue weighted by atomic mass is 16.8. The van der Waals surface area contributed by atoms with Gasteiger partial charge in [-0.2, -0.15) is 0 Å². The van der Waals surface area contributed by atoms with Crippen molar-refractivity contribution in [3.8, 4) is 0 Å². The molecule has 43 heavy (non-hydrogen) atoms. The quantitative estimate of drug-likeness (QED) is 0.146. The van der Waals surface area contributed by atoms with Crippen molar-refractivity contribution >= 4 is 0 Å². The molecule has 2 saturated heterocycles. The van der Waals surface area contributed by atoms with Crippen LogP contribution in [0.5, 0.6) is 0 Å². The molecule has 2 aliphatic heterocycles. The number of rotatable bonds is 9. The molecule has 0 bridgehead atoms. The van der Waals surface area contributed by atoms with Gasteiger partial charge in [-0.1, -0.05) is 39.0 Å². The van der Waals surface area contributed by atoms with E-state index in [9.17, 15) is 35.7 Å². The van der Waals surface area contributed by atoms with Crippen LogP contribution >= 0.6 is 0 Å². The summed E-state index contributed by atoms with van der Waals surface area (Å²) in [5.41, 5.74) is -0.210. The van der Waals surface area contributed by atoms with E-state index in [-0.39, 0.29) is 28.8 Å². The molecule has 4 fully saturated rings. The third kappa shape index (κ3) is 6.64. The van der Waals surface area contributed by atoms with Gasteiger partial charge in [0.05, 0.1) is 24.4 Å². The van der Waals surface area contributed by atoms with Crippen LogP contribution in [0.2, 0.25) is 0 Å². The van der Waals surface area contributed by atoms with Crippen LogP contribution in [0.25, 0.3) is 0 Å². The van der Waals surface area contributed by atoms with E-state index in [4.69, 9.17) is 18.9 Å². The first-order valence-electron chi connectivity index (χ1n) is 15.6. The molecule has 0 aromatic carbocycles. The molecule has 4 rings (SSSR count). The van der Waals surface area contributed by atoms with Crippen molar-refractivity contribution in [1.29, 1.82) is 0 Å². The smallest absolute Gasteiger partial charge is 0.187 e. The van der Waals surface area contributed by atoms with Gasteiger partial charge in [0.2, 0.25) is 0 Å². The van der Waals surface area contributed by atoms with E-state index in [0.29, 0.717) is 12.8 Å². The number of allylic oxidation sites excluding steroid dienone is 1. The summed E-state index contributed by atoms with van der Waals surface area (Å²) in [6, 6.07) is 0. The summed E-state index contributed by atoms with van der Waals surface area (Å²) in [7, 11) is 0. The molecule has 7 N–H and O–H groups in total. The van der Waals surface area contributed by atoms with Gasteiger partial charge in [-0.25, -0.2) is 0 Å². The van der Waals surface area contributed by atoms with Crippen LogP contribution in [0.3, 0.4) is 0 Å². The minimum atomic E-state index is -1.63. The normalized spacial score (nSPS) is 48.3. The predicted molar refractivity (Wildman–Crippen MR) is 156 cm³/mol. The fourth-order valence-corrected chi connectivity index (χ4v) is 8.22.